The van der Waals surface area contributed by atoms with Gasteiger partial charge in [0.1, 0.15) is 6.33 Å². The summed E-state index contributed by atoms with van der Waals surface area (Å²) in [6, 6.07) is 12.9. The molecule has 1 aliphatic rings. The van der Waals surface area contributed by atoms with Crippen molar-refractivity contribution in [3.8, 4) is 0 Å². The zero-order chi connectivity index (χ0) is 19.8. The summed E-state index contributed by atoms with van der Waals surface area (Å²) in [4.78, 5) is 7.10. The first-order valence-electron chi connectivity index (χ1n) is 9.91. The van der Waals surface area contributed by atoms with Crippen LogP contribution in [-0.4, -0.2) is 37.9 Å². The Kier molecular flexibility index (Phi) is 4.43. The Balaban J connectivity index is 1.51. The van der Waals surface area contributed by atoms with Crippen LogP contribution in [0.3, 0.4) is 0 Å². The predicted octanol–water partition coefficient (Wildman–Crippen LogP) is 3.31. The molecule has 0 spiro atoms. The molecule has 29 heavy (non-hydrogen) atoms. The van der Waals surface area contributed by atoms with Gasteiger partial charge in [-0.2, -0.15) is 9.61 Å². The topological polar surface area (TPSA) is 85.2 Å². The first-order chi connectivity index (χ1) is 14.2. The van der Waals surface area contributed by atoms with E-state index in [0.29, 0.717) is 5.13 Å². The number of nitrogens with zero attached hydrogens (tertiary/aromatic N) is 6. The van der Waals surface area contributed by atoms with Gasteiger partial charge in [-0.05, 0) is 30.9 Å². The quantitative estimate of drug-likeness (QED) is 0.561. The summed E-state index contributed by atoms with van der Waals surface area (Å²) in [6.45, 7) is 3.93. The van der Waals surface area contributed by atoms with Gasteiger partial charge in [0.15, 0.2) is 5.13 Å². The largest absolute Gasteiger partial charge is 0.375 e. The van der Waals surface area contributed by atoms with Gasteiger partial charge in [0, 0.05) is 23.9 Å². The number of nitrogen functional groups attached to an aromatic ring is 1. The Hall–Kier alpha value is -3.00. The SMILES string of the molecule is CCc1cc(N2CCC(c3ccccc3)(c3csc(N)n3)CC2)c2nncn2n1. The molecule has 0 amide bonds. The Labute approximate surface area is 173 Å². The minimum Gasteiger partial charge on any atom is -0.375 e. The Morgan fingerprint density at radius 1 is 1.17 bits per heavy atom. The van der Waals surface area contributed by atoms with Crippen LogP contribution in [0.4, 0.5) is 10.8 Å². The molecule has 0 atom stereocenters. The zero-order valence-corrected chi connectivity index (χ0v) is 17.1. The van der Waals surface area contributed by atoms with Crippen LogP contribution in [0.5, 0.6) is 0 Å². The van der Waals surface area contributed by atoms with Crippen LogP contribution in [0.2, 0.25) is 0 Å². The lowest BCUT2D eigenvalue weighted by molar-refractivity contribution is 0.385. The number of aryl methyl sites for hydroxylation is 1. The van der Waals surface area contributed by atoms with Crippen molar-refractivity contribution in [3.05, 3.63) is 65.1 Å². The van der Waals surface area contributed by atoms with Gasteiger partial charge in [-0.1, -0.05) is 37.3 Å². The van der Waals surface area contributed by atoms with Gasteiger partial charge < -0.3 is 10.6 Å². The average Bonchev–Trinajstić information content (AvgIpc) is 3.43. The minimum absolute atomic E-state index is 0.115. The van der Waals surface area contributed by atoms with Crippen molar-refractivity contribution in [2.75, 3.05) is 23.7 Å². The van der Waals surface area contributed by atoms with Crippen molar-refractivity contribution in [2.24, 2.45) is 0 Å². The third kappa shape index (κ3) is 3.04. The summed E-state index contributed by atoms with van der Waals surface area (Å²) in [7, 11) is 0. The smallest absolute Gasteiger partial charge is 0.200 e. The fourth-order valence-corrected chi connectivity index (χ4v) is 5.02. The van der Waals surface area contributed by atoms with E-state index in [1.807, 2.05) is 0 Å². The first kappa shape index (κ1) is 18.1. The number of nitrogens with two attached hydrogens (primary N) is 1. The molecule has 0 unspecified atom stereocenters. The number of benzene rings is 1. The Morgan fingerprint density at radius 3 is 2.66 bits per heavy atom. The van der Waals surface area contributed by atoms with Crippen LogP contribution in [0, 0.1) is 0 Å². The van der Waals surface area contributed by atoms with Gasteiger partial charge in [-0.3, -0.25) is 0 Å². The van der Waals surface area contributed by atoms with Crippen molar-refractivity contribution in [3.63, 3.8) is 0 Å². The number of hydrogen-bond donors (Lipinski definition) is 1. The first-order valence-corrected chi connectivity index (χ1v) is 10.8. The van der Waals surface area contributed by atoms with Crippen molar-refractivity contribution < 1.29 is 0 Å². The van der Waals surface area contributed by atoms with Crippen molar-refractivity contribution in [1.29, 1.82) is 0 Å². The summed E-state index contributed by atoms with van der Waals surface area (Å²) in [6.07, 6.45) is 4.48. The lowest BCUT2D eigenvalue weighted by atomic mass is 9.70. The Bertz CT molecular complexity index is 1130. The highest BCUT2D eigenvalue weighted by Crippen LogP contribution is 2.43. The maximum Gasteiger partial charge on any atom is 0.200 e. The molecule has 8 heteroatoms. The highest BCUT2D eigenvalue weighted by molar-refractivity contribution is 7.13. The third-order valence-electron chi connectivity index (χ3n) is 5.96. The van der Waals surface area contributed by atoms with E-state index in [0.717, 1.165) is 55.1 Å². The zero-order valence-electron chi connectivity index (χ0n) is 16.3. The van der Waals surface area contributed by atoms with Gasteiger partial charge >= 0.3 is 0 Å². The predicted molar refractivity (Wildman–Crippen MR) is 115 cm³/mol. The number of thiazole rings is 1. The van der Waals surface area contributed by atoms with Crippen LogP contribution in [0.15, 0.2) is 48.1 Å². The molecule has 0 bridgehead atoms. The van der Waals surface area contributed by atoms with Crippen LogP contribution >= 0.6 is 11.3 Å². The van der Waals surface area contributed by atoms with Gasteiger partial charge in [0.05, 0.1) is 17.1 Å². The van der Waals surface area contributed by atoms with E-state index in [2.05, 4.69) is 68.9 Å². The van der Waals surface area contributed by atoms with Crippen molar-refractivity contribution in [2.45, 2.75) is 31.6 Å². The van der Waals surface area contributed by atoms with Gasteiger partial charge in [0.25, 0.3) is 0 Å². The standard InChI is InChI=1S/C21H23N7S/c1-2-16-12-17(19-25-23-14-28(19)26-16)27-10-8-21(9-11-27,15-6-4-3-5-7-15)18-13-29-20(22)24-18/h3-7,12-14H,2,8-11H2,1H3,(H2,22,24). The number of aromatic nitrogens is 5. The Morgan fingerprint density at radius 2 is 1.97 bits per heavy atom. The van der Waals surface area contributed by atoms with Crippen molar-refractivity contribution >= 4 is 27.8 Å². The van der Waals surface area contributed by atoms with E-state index in [4.69, 9.17) is 10.7 Å². The molecule has 1 saturated heterocycles. The molecule has 0 aliphatic carbocycles. The minimum atomic E-state index is -0.115. The normalized spacial score (nSPS) is 16.4. The van der Waals surface area contributed by atoms with E-state index in [-0.39, 0.29) is 5.41 Å². The molecule has 1 fully saturated rings. The summed E-state index contributed by atoms with van der Waals surface area (Å²) in [5.74, 6) is 0. The second-order valence-electron chi connectivity index (χ2n) is 7.48. The van der Waals surface area contributed by atoms with E-state index in [9.17, 15) is 0 Å². The van der Waals surface area contributed by atoms with Gasteiger partial charge in [0.2, 0.25) is 5.65 Å². The van der Waals surface area contributed by atoms with Gasteiger partial charge in [-0.25, -0.2) is 4.98 Å². The molecule has 7 nitrogen and oxygen atoms in total. The molecule has 5 rings (SSSR count). The molecule has 3 aromatic heterocycles. The number of fused-ring (bicyclic) bond motifs is 1. The number of anilines is 2. The summed E-state index contributed by atoms with van der Waals surface area (Å²) in [5, 5.41) is 15.7. The van der Waals surface area contributed by atoms with E-state index < -0.39 is 0 Å². The lowest BCUT2D eigenvalue weighted by Crippen LogP contribution is -2.44. The van der Waals surface area contributed by atoms with Gasteiger partial charge in [-0.15, -0.1) is 21.5 Å². The summed E-state index contributed by atoms with van der Waals surface area (Å²) >= 11 is 1.52. The fourth-order valence-electron chi connectivity index (χ4n) is 4.35. The maximum absolute atomic E-state index is 6.00. The summed E-state index contributed by atoms with van der Waals surface area (Å²) in [5.41, 5.74) is 11.2. The molecule has 2 N–H and O–H groups in total. The number of piperidine rings is 1. The van der Waals surface area contributed by atoms with Crippen LogP contribution in [0.1, 0.15) is 36.7 Å². The average molecular weight is 406 g/mol. The molecule has 148 valence electrons. The van der Waals surface area contributed by atoms with E-state index >= 15 is 0 Å². The van der Waals surface area contributed by atoms with Crippen LogP contribution in [0.25, 0.3) is 5.65 Å². The molecule has 0 radical (unpaired) electrons. The number of hydrogen-bond acceptors (Lipinski definition) is 7. The highest BCUT2D eigenvalue weighted by atomic mass is 32.1. The molecular formula is C21H23N7S. The molecule has 4 aromatic rings. The second-order valence-corrected chi connectivity index (χ2v) is 8.37. The summed E-state index contributed by atoms with van der Waals surface area (Å²) < 4.78 is 1.79. The fraction of sp³-hybridized carbons (Fsp3) is 0.333. The van der Waals surface area contributed by atoms with Crippen molar-refractivity contribution in [1.82, 2.24) is 24.8 Å². The number of rotatable bonds is 4. The molecule has 4 heterocycles. The monoisotopic (exact) mass is 405 g/mol. The van der Waals surface area contributed by atoms with E-state index in [1.165, 1.54) is 16.9 Å². The molecule has 1 aromatic carbocycles. The van der Waals surface area contributed by atoms with Crippen LogP contribution in [-0.2, 0) is 11.8 Å². The molecule has 1 aliphatic heterocycles. The third-order valence-corrected chi connectivity index (χ3v) is 6.63. The maximum atomic E-state index is 6.00. The molecule has 0 saturated carbocycles. The highest BCUT2D eigenvalue weighted by Gasteiger charge is 2.40. The molecular weight excluding hydrogens is 382 g/mol. The van der Waals surface area contributed by atoms with Crippen LogP contribution < -0.4 is 10.6 Å². The lowest BCUT2D eigenvalue weighted by Gasteiger charge is -2.42. The van der Waals surface area contributed by atoms with E-state index in [1.54, 1.807) is 10.8 Å². The second kappa shape index (κ2) is 7.11.